The van der Waals surface area contributed by atoms with Gasteiger partial charge in [-0.25, -0.2) is 0 Å². The third-order valence-electron chi connectivity index (χ3n) is 2.93. The molecule has 2 heterocycles. The number of hydrogen-bond acceptors (Lipinski definition) is 3. The van der Waals surface area contributed by atoms with Crippen LogP contribution in [0.4, 0.5) is 6.01 Å². The Morgan fingerprint density at radius 3 is 2.71 bits per heavy atom. The summed E-state index contributed by atoms with van der Waals surface area (Å²) >= 11 is 0. The van der Waals surface area contributed by atoms with Crippen molar-refractivity contribution in [2.75, 3.05) is 5.73 Å². The van der Waals surface area contributed by atoms with Crippen molar-refractivity contribution in [2.45, 2.75) is 13.8 Å². The zero-order valence-electron chi connectivity index (χ0n) is 9.74. The van der Waals surface area contributed by atoms with Crippen LogP contribution < -0.4 is 5.73 Å². The lowest BCUT2D eigenvalue weighted by atomic mass is 10.1. The van der Waals surface area contributed by atoms with E-state index in [9.17, 15) is 0 Å². The minimum atomic E-state index is 0.210. The molecule has 0 aliphatic carbocycles. The number of aromatic nitrogens is 2. The van der Waals surface area contributed by atoms with Gasteiger partial charge in [0.25, 0.3) is 6.01 Å². The van der Waals surface area contributed by atoms with Gasteiger partial charge in [-0.3, -0.25) is 0 Å². The first-order valence-electron chi connectivity index (χ1n) is 5.47. The first-order valence-corrected chi connectivity index (χ1v) is 5.47. The Labute approximate surface area is 98.5 Å². The van der Waals surface area contributed by atoms with Crippen LogP contribution >= 0.6 is 0 Å². The average molecular weight is 227 g/mol. The van der Waals surface area contributed by atoms with E-state index in [0.717, 1.165) is 33.6 Å². The molecule has 4 nitrogen and oxygen atoms in total. The van der Waals surface area contributed by atoms with E-state index in [-0.39, 0.29) is 6.01 Å². The number of anilines is 1. The van der Waals surface area contributed by atoms with E-state index < -0.39 is 0 Å². The molecule has 0 unspecified atom stereocenters. The Kier molecular flexibility index (Phi) is 1.98. The molecule has 0 spiro atoms. The molecule has 0 bridgehead atoms. The summed E-state index contributed by atoms with van der Waals surface area (Å²) < 4.78 is 5.49. The molecule has 2 aromatic heterocycles. The predicted molar refractivity (Wildman–Crippen MR) is 67.7 cm³/mol. The van der Waals surface area contributed by atoms with Gasteiger partial charge in [-0.2, -0.15) is 4.98 Å². The molecule has 3 aromatic rings. The van der Waals surface area contributed by atoms with Gasteiger partial charge in [0.2, 0.25) is 0 Å². The number of para-hydroxylation sites is 1. The van der Waals surface area contributed by atoms with Crippen molar-refractivity contribution in [2.24, 2.45) is 0 Å². The zero-order valence-corrected chi connectivity index (χ0v) is 9.74. The second-order valence-electron chi connectivity index (χ2n) is 4.14. The number of nitrogens with zero attached hydrogens (tertiary/aromatic N) is 1. The normalized spacial score (nSPS) is 11.2. The molecular formula is C13H13N3O. The van der Waals surface area contributed by atoms with E-state index in [4.69, 9.17) is 10.2 Å². The van der Waals surface area contributed by atoms with Crippen molar-refractivity contribution in [3.63, 3.8) is 0 Å². The van der Waals surface area contributed by atoms with Gasteiger partial charge in [0.15, 0.2) is 5.76 Å². The van der Waals surface area contributed by atoms with Crippen LogP contribution in [-0.2, 0) is 0 Å². The summed E-state index contributed by atoms with van der Waals surface area (Å²) in [5, 5.41) is 1.13. The SMILES string of the molecule is Cc1nc(N)oc1-c1c(C)[nH]c2ccccc12. The van der Waals surface area contributed by atoms with Gasteiger partial charge < -0.3 is 15.1 Å². The molecule has 0 fully saturated rings. The number of nitrogen functional groups attached to an aromatic ring is 1. The summed E-state index contributed by atoms with van der Waals surface area (Å²) in [6.45, 7) is 3.92. The Hall–Kier alpha value is -2.23. The molecule has 0 aliphatic heterocycles. The van der Waals surface area contributed by atoms with Crippen LogP contribution in [0.3, 0.4) is 0 Å². The lowest BCUT2D eigenvalue weighted by Crippen LogP contribution is -1.81. The summed E-state index contributed by atoms with van der Waals surface area (Å²) in [5.74, 6) is 0.748. The van der Waals surface area contributed by atoms with Crippen molar-refractivity contribution in [1.82, 2.24) is 9.97 Å². The fraction of sp³-hybridized carbons (Fsp3) is 0.154. The molecule has 0 aliphatic rings. The number of oxazole rings is 1. The van der Waals surface area contributed by atoms with Gasteiger partial charge in [0.1, 0.15) is 0 Å². The fourth-order valence-corrected chi connectivity index (χ4v) is 2.22. The number of fused-ring (bicyclic) bond motifs is 1. The predicted octanol–water partition coefficient (Wildman–Crippen LogP) is 3.02. The van der Waals surface area contributed by atoms with Crippen LogP contribution in [0.2, 0.25) is 0 Å². The number of hydrogen-bond donors (Lipinski definition) is 2. The number of H-pyrrole nitrogens is 1. The van der Waals surface area contributed by atoms with Crippen molar-refractivity contribution < 1.29 is 4.42 Å². The first-order chi connectivity index (χ1) is 8.16. The molecule has 1 aromatic carbocycles. The maximum absolute atomic E-state index is 5.59. The molecule has 0 atom stereocenters. The van der Waals surface area contributed by atoms with E-state index in [2.05, 4.69) is 16.0 Å². The van der Waals surface area contributed by atoms with Crippen molar-refractivity contribution >= 4 is 16.9 Å². The van der Waals surface area contributed by atoms with E-state index >= 15 is 0 Å². The third kappa shape index (κ3) is 1.41. The highest BCUT2D eigenvalue weighted by Crippen LogP contribution is 2.34. The van der Waals surface area contributed by atoms with Gasteiger partial charge in [0, 0.05) is 22.2 Å². The van der Waals surface area contributed by atoms with E-state index in [0.29, 0.717) is 0 Å². The van der Waals surface area contributed by atoms with Crippen LogP contribution in [0, 0.1) is 13.8 Å². The van der Waals surface area contributed by atoms with Gasteiger partial charge in [0.05, 0.1) is 5.69 Å². The van der Waals surface area contributed by atoms with Gasteiger partial charge >= 0.3 is 0 Å². The molecule has 0 saturated heterocycles. The second-order valence-corrected chi connectivity index (χ2v) is 4.14. The number of aryl methyl sites for hydroxylation is 2. The highest BCUT2D eigenvalue weighted by Gasteiger charge is 2.17. The monoisotopic (exact) mass is 227 g/mol. The van der Waals surface area contributed by atoms with Crippen molar-refractivity contribution in [3.05, 3.63) is 35.7 Å². The Balaban J connectivity index is 2.37. The number of benzene rings is 1. The lowest BCUT2D eigenvalue weighted by Gasteiger charge is -1.97. The zero-order chi connectivity index (χ0) is 12.0. The maximum Gasteiger partial charge on any atom is 0.292 e. The minimum Gasteiger partial charge on any atom is -0.423 e. The maximum atomic E-state index is 5.59. The number of rotatable bonds is 1. The van der Waals surface area contributed by atoms with E-state index in [1.165, 1.54) is 0 Å². The van der Waals surface area contributed by atoms with E-state index in [1.807, 2.05) is 32.0 Å². The summed E-state index contributed by atoms with van der Waals surface area (Å²) in [6.07, 6.45) is 0. The molecule has 3 rings (SSSR count). The van der Waals surface area contributed by atoms with Crippen molar-refractivity contribution in [1.29, 1.82) is 0 Å². The van der Waals surface area contributed by atoms with Gasteiger partial charge in [-0.15, -0.1) is 0 Å². The first kappa shape index (κ1) is 9.96. The van der Waals surface area contributed by atoms with Crippen LogP contribution in [-0.4, -0.2) is 9.97 Å². The van der Waals surface area contributed by atoms with Gasteiger partial charge in [-0.1, -0.05) is 18.2 Å². The minimum absolute atomic E-state index is 0.210. The van der Waals surface area contributed by atoms with Gasteiger partial charge in [-0.05, 0) is 19.9 Å². The Morgan fingerprint density at radius 1 is 1.24 bits per heavy atom. The molecule has 0 radical (unpaired) electrons. The quantitative estimate of drug-likeness (QED) is 0.671. The van der Waals surface area contributed by atoms with Crippen molar-refractivity contribution in [3.8, 4) is 11.3 Å². The number of nitrogens with one attached hydrogen (secondary N) is 1. The summed E-state index contributed by atoms with van der Waals surface area (Å²) in [4.78, 5) is 7.45. The summed E-state index contributed by atoms with van der Waals surface area (Å²) in [6, 6.07) is 8.33. The standard InChI is InChI=1S/C13H13N3O/c1-7-11(12-8(2)16-13(14)17-12)9-5-3-4-6-10(9)15-7/h3-6,15H,1-2H3,(H2,14,16). The molecule has 3 N–H and O–H groups in total. The van der Waals surface area contributed by atoms with Crippen LogP contribution in [0.5, 0.6) is 0 Å². The largest absolute Gasteiger partial charge is 0.423 e. The Morgan fingerprint density at radius 2 is 2.00 bits per heavy atom. The third-order valence-corrected chi connectivity index (χ3v) is 2.93. The average Bonchev–Trinajstić information content (AvgIpc) is 2.77. The van der Waals surface area contributed by atoms with E-state index in [1.54, 1.807) is 0 Å². The lowest BCUT2D eigenvalue weighted by molar-refractivity contribution is 0.594. The van der Waals surface area contributed by atoms with Crippen LogP contribution in [0.15, 0.2) is 28.7 Å². The van der Waals surface area contributed by atoms with Crippen LogP contribution in [0.1, 0.15) is 11.4 Å². The topological polar surface area (TPSA) is 67.8 Å². The molecule has 17 heavy (non-hydrogen) atoms. The smallest absolute Gasteiger partial charge is 0.292 e. The van der Waals surface area contributed by atoms with Crippen LogP contribution in [0.25, 0.3) is 22.2 Å². The highest BCUT2D eigenvalue weighted by atomic mass is 16.4. The second kappa shape index (κ2) is 3.38. The number of nitrogens with two attached hydrogens (primary N) is 1. The Bertz CT molecular complexity index is 694. The number of aromatic amines is 1. The summed E-state index contributed by atoms with van der Waals surface area (Å²) in [7, 11) is 0. The molecular weight excluding hydrogens is 214 g/mol. The molecule has 0 saturated carbocycles. The molecule has 0 amide bonds. The summed E-state index contributed by atoms with van der Waals surface area (Å²) in [5.41, 5.74) is 9.60. The highest BCUT2D eigenvalue weighted by molar-refractivity contribution is 5.96. The molecule has 86 valence electrons. The molecule has 4 heteroatoms. The fourth-order valence-electron chi connectivity index (χ4n) is 2.22.